The van der Waals surface area contributed by atoms with Gasteiger partial charge in [0.15, 0.2) is 27.2 Å². The molecule has 0 atom stereocenters. The number of hydrogen-bond acceptors (Lipinski definition) is 8. The first-order chi connectivity index (χ1) is 27.7. The molecule has 0 unspecified atom stereocenters. The number of ether oxygens (including phenoxy) is 8. The SMILES string of the molecule is COCOc1ccc2ccccc2c1-c1c(OCOC)ccc2ccccc12.COCOc1ccc2ccccc2c1-c1c(OCOC)ccc2ccccc12. The predicted octanol–water partition coefficient (Wildman–Crippen LogP) is 11.3. The van der Waals surface area contributed by atoms with Crippen LogP contribution in [0.5, 0.6) is 23.0 Å². The van der Waals surface area contributed by atoms with Crippen LogP contribution < -0.4 is 18.9 Å². The molecular weight excluding hydrogens is 705 g/mol. The summed E-state index contributed by atoms with van der Waals surface area (Å²) in [4.78, 5) is 0. The van der Waals surface area contributed by atoms with Crippen molar-refractivity contribution in [1.29, 1.82) is 0 Å². The van der Waals surface area contributed by atoms with Crippen molar-refractivity contribution in [3.63, 3.8) is 0 Å². The molecule has 0 N–H and O–H groups in total. The van der Waals surface area contributed by atoms with E-state index in [9.17, 15) is 0 Å². The molecule has 8 heteroatoms. The maximum absolute atomic E-state index is 5.95. The Morgan fingerprint density at radius 1 is 0.268 bits per heavy atom. The maximum atomic E-state index is 5.95. The Morgan fingerprint density at radius 2 is 0.482 bits per heavy atom. The second-order valence-corrected chi connectivity index (χ2v) is 12.8. The first-order valence-electron chi connectivity index (χ1n) is 18.2. The minimum absolute atomic E-state index is 0.171. The normalized spacial score (nSPS) is 11.1. The van der Waals surface area contributed by atoms with Gasteiger partial charge < -0.3 is 37.9 Å². The zero-order valence-electron chi connectivity index (χ0n) is 32.0. The summed E-state index contributed by atoms with van der Waals surface area (Å²) in [7, 11) is 6.47. The lowest BCUT2D eigenvalue weighted by atomic mass is 9.92. The number of methoxy groups -OCH3 is 4. The fourth-order valence-electron chi connectivity index (χ4n) is 7.01. The van der Waals surface area contributed by atoms with Gasteiger partial charge in [0.05, 0.1) is 0 Å². The lowest BCUT2D eigenvalue weighted by Crippen LogP contribution is -2.03. The van der Waals surface area contributed by atoms with Gasteiger partial charge in [0.2, 0.25) is 0 Å². The van der Waals surface area contributed by atoms with Gasteiger partial charge in [-0.25, -0.2) is 0 Å². The average Bonchev–Trinajstić information content (AvgIpc) is 3.25. The molecule has 284 valence electrons. The Morgan fingerprint density at radius 3 is 0.696 bits per heavy atom. The summed E-state index contributed by atoms with van der Waals surface area (Å²) in [5.41, 5.74) is 3.94. The maximum Gasteiger partial charge on any atom is 0.188 e. The van der Waals surface area contributed by atoms with Crippen molar-refractivity contribution >= 4 is 43.1 Å². The molecule has 0 radical (unpaired) electrons. The van der Waals surface area contributed by atoms with Gasteiger partial charge in [-0.05, 0) is 67.4 Å². The van der Waals surface area contributed by atoms with E-state index in [-0.39, 0.29) is 27.2 Å². The predicted molar refractivity (Wildman–Crippen MR) is 224 cm³/mol. The molecule has 8 aromatic carbocycles. The summed E-state index contributed by atoms with van der Waals surface area (Å²) in [6, 6.07) is 49.3. The second-order valence-electron chi connectivity index (χ2n) is 12.8. The fraction of sp³-hybridized carbons (Fsp3) is 0.167. The largest absolute Gasteiger partial charge is 0.467 e. The van der Waals surface area contributed by atoms with Crippen LogP contribution in [0.2, 0.25) is 0 Å². The fourth-order valence-corrected chi connectivity index (χ4v) is 7.01. The zero-order chi connectivity index (χ0) is 38.7. The standard InChI is InChI=1S/2C24H22O4/c2*1-25-15-27-21-13-11-17-7-3-5-9-19(17)23(21)24-20-10-6-4-8-18(20)12-14-22(24)28-16-26-2/h2*3-14H,15-16H2,1-2H3. The lowest BCUT2D eigenvalue weighted by molar-refractivity contribution is 0.0502. The molecule has 0 aliphatic rings. The molecule has 0 heterocycles. The smallest absolute Gasteiger partial charge is 0.188 e. The highest BCUT2D eigenvalue weighted by molar-refractivity contribution is 6.11. The van der Waals surface area contributed by atoms with Gasteiger partial charge in [-0.2, -0.15) is 0 Å². The molecule has 0 aromatic heterocycles. The molecule has 0 fully saturated rings. The van der Waals surface area contributed by atoms with E-state index in [0.717, 1.165) is 88.3 Å². The summed E-state index contributed by atoms with van der Waals surface area (Å²) in [5.74, 6) is 3.00. The van der Waals surface area contributed by atoms with Crippen LogP contribution in [-0.2, 0) is 18.9 Å². The molecule has 0 spiro atoms. The molecule has 8 aromatic rings. The van der Waals surface area contributed by atoms with E-state index in [4.69, 9.17) is 37.9 Å². The summed E-state index contributed by atoms with van der Waals surface area (Å²) < 4.78 is 44.4. The van der Waals surface area contributed by atoms with Crippen molar-refractivity contribution in [2.45, 2.75) is 0 Å². The van der Waals surface area contributed by atoms with Crippen molar-refractivity contribution in [3.05, 3.63) is 146 Å². The summed E-state index contributed by atoms with van der Waals surface area (Å²) in [5, 5.41) is 8.90. The average molecular weight is 749 g/mol. The molecule has 56 heavy (non-hydrogen) atoms. The molecule has 0 saturated carbocycles. The zero-order valence-corrected chi connectivity index (χ0v) is 32.0. The number of rotatable bonds is 14. The number of fused-ring (bicyclic) bond motifs is 4. The van der Waals surface area contributed by atoms with E-state index in [1.54, 1.807) is 28.4 Å². The highest BCUT2D eigenvalue weighted by atomic mass is 16.7. The minimum Gasteiger partial charge on any atom is -0.467 e. The lowest BCUT2D eigenvalue weighted by Gasteiger charge is -2.19. The Bertz CT molecular complexity index is 2210. The van der Waals surface area contributed by atoms with E-state index in [1.165, 1.54) is 0 Å². The summed E-state index contributed by atoms with van der Waals surface area (Å²) >= 11 is 0. The Balaban J connectivity index is 0.000000172. The Kier molecular flexibility index (Phi) is 12.6. The van der Waals surface area contributed by atoms with Crippen LogP contribution >= 0.6 is 0 Å². The van der Waals surface area contributed by atoms with Crippen LogP contribution in [0.15, 0.2) is 146 Å². The van der Waals surface area contributed by atoms with Gasteiger partial charge in [0.25, 0.3) is 0 Å². The van der Waals surface area contributed by atoms with Crippen molar-refractivity contribution in [1.82, 2.24) is 0 Å². The van der Waals surface area contributed by atoms with Crippen LogP contribution in [0.25, 0.3) is 65.3 Å². The van der Waals surface area contributed by atoms with Crippen molar-refractivity contribution < 1.29 is 37.9 Å². The Hall–Kier alpha value is -6.16. The van der Waals surface area contributed by atoms with E-state index in [2.05, 4.69) is 72.8 Å². The number of hydrogen-bond donors (Lipinski definition) is 0. The van der Waals surface area contributed by atoms with Crippen LogP contribution in [0.4, 0.5) is 0 Å². The molecule has 0 aliphatic heterocycles. The highest BCUT2D eigenvalue weighted by Crippen LogP contribution is 2.47. The Labute approximate surface area is 326 Å². The third-order valence-electron chi connectivity index (χ3n) is 9.39. The molecule has 0 bridgehead atoms. The quantitative estimate of drug-likeness (QED) is 0.102. The highest BCUT2D eigenvalue weighted by Gasteiger charge is 2.20. The number of benzene rings is 8. The molecule has 0 saturated heterocycles. The summed E-state index contributed by atoms with van der Waals surface area (Å²) in [6.45, 7) is 0.684. The van der Waals surface area contributed by atoms with Crippen molar-refractivity contribution in [3.8, 4) is 45.3 Å². The van der Waals surface area contributed by atoms with E-state index in [1.807, 2.05) is 72.8 Å². The van der Waals surface area contributed by atoms with Crippen LogP contribution in [0, 0.1) is 0 Å². The molecule has 0 aliphatic carbocycles. The van der Waals surface area contributed by atoms with Gasteiger partial charge in [0.1, 0.15) is 23.0 Å². The minimum atomic E-state index is 0.171. The third kappa shape index (κ3) is 8.10. The van der Waals surface area contributed by atoms with E-state index in [0.29, 0.717) is 0 Å². The molecule has 8 nitrogen and oxygen atoms in total. The van der Waals surface area contributed by atoms with Crippen LogP contribution in [0.1, 0.15) is 0 Å². The van der Waals surface area contributed by atoms with Gasteiger partial charge in [-0.15, -0.1) is 0 Å². The monoisotopic (exact) mass is 748 g/mol. The summed E-state index contributed by atoms with van der Waals surface area (Å²) in [6.07, 6.45) is 0. The van der Waals surface area contributed by atoms with Crippen LogP contribution in [-0.4, -0.2) is 55.6 Å². The van der Waals surface area contributed by atoms with Crippen molar-refractivity contribution in [2.75, 3.05) is 55.6 Å². The van der Waals surface area contributed by atoms with Crippen molar-refractivity contribution in [2.24, 2.45) is 0 Å². The third-order valence-corrected chi connectivity index (χ3v) is 9.39. The first kappa shape index (κ1) is 38.1. The van der Waals surface area contributed by atoms with Gasteiger partial charge in [-0.3, -0.25) is 0 Å². The molecule has 8 rings (SSSR count). The van der Waals surface area contributed by atoms with Gasteiger partial charge in [-0.1, -0.05) is 121 Å². The second kappa shape index (κ2) is 18.4. The van der Waals surface area contributed by atoms with Gasteiger partial charge >= 0.3 is 0 Å². The van der Waals surface area contributed by atoms with E-state index < -0.39 is 0 Å². The van der Waals surface area contributed by atoms with Crippen LogP contribution in [0.3, 0.4) is 0 Å². The first-order valence-corrected chi connectivity index (χ1v) is 18.2. The molecule has 0 amide bonds. The molecular formula is C48H44O8. The van der Waals surface area contributed by atoms with E-state index >= 15 is 0 Å². The van der Waals surface area contributed by atoms with Gasteiger partial charge in [0, 0.05) is 50.7 Å². The topological polar surface area (TPSA) is 73.8 Å².